The zero-order valence-electron chi connectivity index (χ0n) is 9.97. The summed E-state index contributed by atoms with van der Waals surface area (Å²) in [5.41, 5.74) is 0. The Morgan fingerprint density at radius 3 is 2.07 bits per heavy atom. The molecule has 15 heavy (non-hydrogen) atoms. The molecule has 0 spiro atoms. The molecule has 0 unspecified atom stereocenters. The smallest absolute Gasteiger partial charge is 0.219 e. The van der Waals surface area contributed by atoms with Gasteiger partial charge in [0.05, 0.1) is 0 Å². The average Bonchev–Trinajstić information content (AvgIpc) is 2.23. The third-order valence-electron chi connectivity index (χ3n) is 2.38. The highest BCUT2D eigenvalue weighted by Crippen LogP contribution is 2.06. The molecule has 0 aliphatic carbocycles. The molecular weight excluding hydrogens is 190 g/mol. The van der Waals surface area contributed by atoms with Gasteiger partial charge in [-0.3, -0.25) is 9.59 Å². The number of unbranched alkanes of at least 4 members (excludes halogenated alkanes) is 3. The second kappa shape index (κ2) is 9.69. The van der Waals surface area contributed by atoms with Crippen molar-refractivity contribution in [3.63, 3.8) is 0 Å². The molecule has 0 heterocycles. The van der Waals surface area contributed by atoms with Crippen LogP contribution in [0.3, 0.4) is 0 Å². The quantitative estimate of drug-likeness (QED) is 0.598. The molecule has 0 atom stereocenters. The molecule has 0 saturated carbocycles. The first kappa shape index (κ1) is 14.1. The van der Waals surface area contributed by atoms with E-state index < -0.39 is 0 Å². The van der Waals surface area contributed by atoms with E-state index in [1.165, 1.54) is 0 Å². The van der Waals surface area contributed by atoms with Gasteiger partial charge in [-0.05, 0) is 19.8 Å². The fourth-order valence-corrected chi connectivity index (χ4v) is 1.42. The molecule has 88 valence electrons. The van der Waals surface area contributed by atoms with Crippen LogP contribution in [0, 0.1) is 0 Å². The largest absolute Gasteiger partial charge is 0.356 e. The highest BCUT2D eigenvalue weighted by atomic mass is 16.1. The molecule has 0 saturated heterocycles. The lowest BCUT2D eigenvalue weighted by Gasteiger charge is -2.02. The van der Waals surface area contributed by atoms with Crippen molar-refractivity contribution in [3.8, 4) is 0 Å². The van der Waals surface area contributed by atoms with Gasteiger partial charge in [0.25, 0.3) is 0 Å². The number of carbonyl (C=O) groups excluding carboxylic acids is 2. The summed E-state index contributed by atoms with van der Waals surface area (Å²) in [6, 6.07) is 0. The van der Waals surface area contributed by atoms with E-state index in [9.17, 15) is 9.59 Å². The van der Waals surface area contributed by atoms with Gasteiger partial charge in [-0.25, -0.2) is 0 Å². The molecule has 0 aliphatic rings. The number of Topliss-reactive ketones (excluding diaryl/α,β-unsaturated/α-hetero) is 1. The fourth-order valence-electron chi connectivity index (χ4n) is 1.42. The number of rotatable bonds is 9. The third kappa shape index (κ3) is 9.44. The van der Waals surface area contributed by atoms with Crippen LogP contribution >= 0.6 is 0 Å². The lowest BCUT2D eigenvalue weighted by atomic mass is 10.1. The van der Waals surface area contributed by atoms with Crippen molar-refractivity contribution in [1.82, 2.24) is 5.32 Å². The van der Waals surface area contributed by atoms with Crippen molar-refractivity contribution in [2.75, 3.05) is 6.54 Å². The minimum atomic E-state index is 0.141. The Kier molecular flexibility index (Phi) is 9.13. The number of carbonyl (C=O) groups is 2. The summed E-state index contributed by atoms with van der Waals surface area (Å²) in [5, 5.41) is 2.77. The van der Waals surface area contributed by atoms with Crippen molar-refractivity contribution in [3.05, 3.63) is 0 Å². The normalized spacial score (nSPS) is 10.0. The Hall–Kier alpha value is -0.860. The van der Waals surface area contributed by atoms with E-state index in [-0.39, 0.29) is 5.91 Å². The monoisotopic (exact) mass is 213 g/mol. The van der Waals surface area contributed by atoms with Gasteiger partial charge in [0.2, 0.25) is 5.91 Å². The highest BCUT2D eigenvalue weighted by Gasteiger charge is 2.00. The second-order valence-electron chi connectivity index (χ2n) is 3.76. The second-order valence-corrected chi connectivity index (χ2v) is 3.76. The number of hydrogen-bond donors (Lipinski definition) is 1. The number of ketones is 1. The van der Waals surface area contributed by atoms with Gasteiger partial charge < -0.3 is 5.32 Å². The molecule has 0 fully saturated rings. The first-order valence-electron chi connectivity index (χ1n) is 5.99. The number of amides is 1. The van der Waals surface area contributed by atoms with Crippen LogP contribution in [-0.2, 0) is 9.59 Å². The number of hydrogen-bond acceptors (Lipinski definition) is 2. The fraction of sp³-hybridized carbons (Fsp3) is 0.833. The maximum absolute atomic E-state index is 11.1. The zero-order chi connectivity index (χ0) is 11.5. The van der Waals surface area contributed by atoms with Crippen LogP contribution in [0.2, 0.25) is 0 Å². The molecule has 0 aromatic carbocycles. The van der Waals surface area contributed by atoms with Crippen LogP contribution in [0.4, 0.5) is 0 Å². The first-order valence-corrected chi connectivity index (χ1v) is 5.99. The van der Waals surface area contributed by atoms with E-state index in [1.54, 1.807) is 0 Å². The van der Waals surface area contributed by atoms with Gasteiger partial charge in [0, 0.05) is 25.8 Å². The molecule has 1 amide bonds. The topological polar surface area (TPSA) is 46.2 Å². The van der Waals surface area contributed by atoms with Crippen LogP contribution in [0.5, 0.6) is 0 Å². The summed E-state index contributed by atoms with van der Waals surface area (Å²) >= 11 is 0. The minimum Gasteiger partial charge on any atom is -0.356 e. The standard InChI is InChI=1S/C12H23NO2/c1-3-11(14)9-7-5-6-8-10-12(15)13-4-2/h3-10H2,1-2H3,(H,13,15). The summed E-state index contributed by atoms with van der Waals surface area (Å²) in [6.07, 6.45) is 6.00. The molecular formula is C12H23NO2. The van der Waals surface area contributed by atoms with Gasteiger partial charge in [0.1, 0.15) is 5.78 Å². The Bertz CT molecular complexity index is 190. The lowest BCUT2D eigenvalue weighted by Crippen LogP contribution is -2.21. The summed E-state index contributed by atoms with van der Waals surface area (Å²) in [5.74, 6) is 0.487. The average molecular weight is 213 g/mol. The van der Waals surface area contributed by atoms with E-state index in [2.05, 4.69) is 5.32 Å². The molecule has 0 aromatic heterocycles. The van der Waals surface area contributed by atoms with Crippen LogP contribution in [-0.4, -0.2) is 18.2 Å². The van der Waals surface area contributed by atoms with Gasteiger partial charge in [-0.1, -0.05) is 19.8 Å². The zero-order valence-corrected chi connectivity index (χ0v) is 9.97. The van der Waals surface area contributed by atoms with E-state index in [0.717, 1.165) is 25.7 Å². The Labute approximate surface area is 92.6 Å². The van der Waals surface area contributed by atoms with Crippen LogP contribution < -0.4 is 5.32 Å². The van der Waals surface area contributed by atoms with E-state index in [4.69, 9.17) is 0 Å². The van der Waals surface area contributed by atoms with E-state index in [0.29, 0.717) is 31.6 Å². The molecule has 0 rings (SSSR count). The summed E-state index contributed by atoms with van der Waals surface area (Å²) in [6.45, 7) is 4.54. The third-order valence-corrected chi connectivity index (χ3v) is 2.38. The van der Waals surface area contributed by atoms with Gasteiger partial charge in [-0.2, -0.15) is 0 Å². The van der Waals surface area contributed by atoms with Crippen molar-refractivity contribution >= 4 is 11.7 Å². The highest BCUT2D eigenvalue weighted by molar-refractivity contribution is 5.77. The van der Waals surface area contributed by atoms with Crippen LogP contribution in [0.1, 0.15) is 58.8 Å². The number of nitrogens with one attached hydrogen (secondary N) is 1. The Morgan fingerprint density at radius 2 is 1.53 bits per heavy atom. The molecule has 0 bridgehead atoms. The van der Waals surface area contributed by atoms with Gasteiger partial charge >= 0.3 is 0 Å². The Morgan fingerprint density at radius 1 is 0.933 bits per heavy atom. The SMILES string of the molecule is CCNC(=O)CCCCCCC(=O)CC. The van der Waals surface area contributed by atoms with Crippen molar-refractivity contribution < 1.29 is 9.59 Å². The van der Waals surface area contributed by atoms with Crippen LogP contribution in [0.15, 0.2) is 0 Å². The predicted octanol–water partition coefficient (Wildman–Crippen LogP) is 2.44. The molecule has 3 heteroatoms. The van der Waals surface area contributed by atoms with E-state index >= 15 is 0 Å². The van der Waals surface area contributed by atoms with Crippen LogP contribution in [0.25, 0.3) is 0 Å². The lowest BCUT2D eigenvalue weighted by molar-refractivity contribution is -0.121. The molecule has 0 radical (unpaired) electrons. The maximum atomic E-state index is 11.1. The maximum Gasteiger partial charge on any atom is 0.219 e. The van der Waals surface area contributed by atoms with Gasteiger partial charge in [0.15, 0.2) is 0 Å². The predicted molar refractivity (Wildman–Crippen MR) is 61.7 cm³/mol. The summed E-state index contributed by atoms with van der Waals surface area (Å²) < 4.78 is 0. The van der Waals surface area contributed by atoms with Crippen molar-refractivity contribution in [2.45, 2.75) is 58.8 Å². The van der Waals surface area contributed by atoms with E-state index in [1.807, 2.05) is 13.8 Å². The summed E-state index contributed by atoms with van der Waals surface area (Å²) in [4.78, 5) is 22.0. The van der Waals surface area contributed by atoms with Crippen molar-refractivity contribution in [2.24, 2.45) is 0 Å². The summed E-state index contributed by atoms with van der Waals surface area (Å²) in [7, 11) is 0. The Balaban J connectivity index is 3.18. The molecule has 3 nitrogen and oxygen atoms in total. The molecule has 1 N–H and O–H groups in total. The van der Waals surface area contributed by atoms with Gasteiger partial charge in [-0.15, -0.1) is 0 Å². The first-order chi connectivity index (χ1) is 7.20. The molecule has 0 aliphatic heterocycles. The van der Waals surface area contributed by atoms with Crippen molar-refractivity contribution in [1.29, 1.82) is 0 Å². The molecule has 0 aromatic rings. The minimum absolute atomic E-state index is 0.141.